The number of imidazole rings is 4. The molecule has 0 bridgehead atoms. The molecular weight excluding hydrogens is 1330 g/mol. The van der Waals surface area contributed by atoms with Crippen molar-refractivity contribution >= 4 is 74.7 Å². The van der Waals surface area contributed by atoms with Gasteiger partial charge in [-0.05, 0) is 0 Å². The van der Waals surface area contributed by atoms with E-state index in [4.69, 9.17) is 61.6 Å². The van der Waals surface area contributed by atoms with Gasteiger partial charge in [0.05, 0.1) is 55.9 Å². The summed E-state index contributed by atoms with van der Waals surface area (Å²) in [5.74, 6) is -0.388. The maximum atomic E-state index is 12.2. The number of aromatic amines is 3. The highest BCUT2D eigenvalue weighted by Gasteiger charge is 2.50. The van der Waals surface area contributed by atoms with Gasteiger partial charge < -0.3 is 120 Å². The molecule has 10 heterocycles. The molecule has 0 spiro atoms. The van der Waals surface area contributed by atoms with Crippen LogP contribution in [0.15, 0.2) is 52.1 Å². The molecule has 7 aromatic rings. The molecule has 3 aliphatic rings. The van der Waals surface area contributed by atoms with Crippen molar-refractivity contribution in [3.63, 3.8) is 0 Å². The molecule has 7 aromatic heterocycles. The van der Waals surface area contributed by atoms with Gasteiger partial charge in [-0.15, -0.1) is 0 Å². The molecule has 45 heteroatoms. The van der Waals surface area contributed by atoms with Crippen molar-refractivity contribution < 1.29 is 105 Å². The number of fused-ring (bicyclic) bond motifs is 3. The smallest absolute Gasteiger partial charge is 0.313 e. The highest BCUT2D eigenvalue weighted by atomic mass is 31.2. The summed E-state index contributed by atoms with van der Waals surface area (Å²) in [5, 5.41) is 31.6. The molecule has 14 N–H and O–H groups in total. The van der Waals surface area contributed by atoms with Gasteiger partial charge in [-0.1, -0.05) is 77.2 Å². The summed E-state index contributed by atoms with van der Waals surface area (Å²) in [6.45, 7) is 11.6. The number of aromatic nitrogens is 14. The fraction of sp³-hybridized carbons (Fsp3) is 0.640. The Morgan fingerprint density at radius 2 is 0.979 bits per heavy atom. The van der Waals surface area contributed by atoms with Gasteiger partial charge in [-0.3, -0.25) is 51.9 Å². The van der Waals surface area contributed by atoms with E-state index >= 15 is 0 Å². The fourth-order valence-corrected chi connectivity index (χ4v) is 10.7. The number of phosphoric ester groups is 2. The number of ether oxygens (including phenoxy) is 6. The Bertz CT molecular complexity index is 3830. The van der Waals surface area contributed by atoms with Crippen LogP contribution in [0, 0.1) is 0 Å². The summed E-state index contributed by atoms with van der Waals surface area (Å²) in [4.78, 5) is 118. The van der Waals surface area contributed by atoms with Crippen molar-refractivity contribution in [2.45, 2.75) is 141 Å². The Labute approximate surface area is 542 Å². The summed E-state index contributed by atoms with van der Waals surface area (Å²) in [7, 11) is -7.75. The number of methoxy groups -OCH3 is 3. The van der Waals surface area contributed by atoms with E-state index in [0.29, 0.717) is 13.1 Å². The minimum Gasteiger partial charge on any atom is -0.790 e. The number of hydrogen-bond donors (Lipinski definition) is 9. The van der Waals surface area contributed by atoms with Crippen molar-refractivity contribution in [2.75, 3.05) is 71.4 Å². The summed E-state index contributed by atoms with van der Waals surface area (Å²) in [5.41, 5.74) is 28.4. The zero-order valence-electron chi connectivity index (χ0n) is 53.8. The zero-order chi connectivity index (χ0) is 71.4. The third kappa shape index (κ3) is 21.3. The Morgan fingerprint density at radius 3 is 1.36 bits per heavy atom. The van der Waals surface area contributed by atoms with Crippen LogP contribution in [0.3, 0.4) is 0 Å². The Balaban J connectivity index is 0.000000276. The number of nitrogens with zero attached hydrogens (tertiary/aromatic N) is 11. The molecule has 3 aliphatic heterocycles. The zero-order valence-corrected chi connectivity index (χ0v) is 56.4. The number of unbranched alkanes of at least 4 members (excludes halogenated alkanes) is 2. The highest BCUT2D eigenvalue weighted by Crippen LogP contribution is 2.41. The first kappa shape index (κ1) is 81.0. The van der Waals surface area contributed by atoms with Crippen molar-refractivity contribution in [3.8, 4) is 0 Å². The first-order chi connectivity index (χ1) is 44.7. The van der Waals surface area contributed by atoms with Crippen LogP contribution in [0.5, 0.6) is 0 Å². The number of anilines is 3. The van der Waals surface area contributed by atoms with E-state index in [-0.39, 0.29) is 51.3 Å². The molecule has 0 aliphatic carbocycles. The molecule has 3 fully saturated rings. The number of hydrogen-bond acceptors (Lipinski definition) is 31. The van der Waals surface area contributed by atoms with Gasteiger partial charge in [0.2, 0.25) is 37.2 Å². The standard InChI is InChI=1S/C15H20N7O7P.C12H18N5O8P.C11H16N5O8P.2C4H10.2C2H6N/c1-20-7-22(12-9(20)13(24)19-15(16)18-12)14-10(23)11(27-2)8(29-14)5-28-30(25,26)21-4-3-17-6-21;1-16-4-17(9-6(16)10(19)15-12(13)14-9)11-7(18)8(23-2)5(25-11)3-24-26(20,21)22;1-22-7-4(2-23-25(19,20)21)24-10(6(7)17)16-3-13-5-8(16)14-11(12)15-9(5)18;2*1-3-4-2;2*1-2-3/h3-4,6-8,10-11,14,23H,5H2,1-2H3,(H3-,16,18,19,24,25,26);4-5,7-8,11,18H,3H2,1-2H3,(H4-,13,14,15,19,20,21,22);3-4,6-7,10,17H,2H2,1H3,(H2,19,20,21)(H3,12,14,15,18);2*3-4H2,1-2H3;2*3H,2H2,1H3/q;;;;;2*-1/p-3/t8-,10?,11-,14-;5-,7?,8-,11-;4-,6?,7-,10-;;;;/m000..../s1. The summed E-state index contributed by atoms with van der Waals surface area (Å²) < 4.78 is 87.4. The lowest BCUT2D eigenvalue weighted by Crippen LogP contribution is -2.46. The minimum absolute atomic E-state index is 0.0257. The van der Waals surface area contributed by atoms with Gasteiger partial charge in [0.1, 0.15) is 61.3 Å². The second-order valence-electron chi connectivity index (χ2n) is 20.5. The lowest BCUT2D eigenvalue weighted by molar-refractivity contribution is -0.746. The maximum absolute atomic E-state index is 12.2. The summed E-state index contributed by atoms with van der Waals surface area (Å²) >= 11 is 0. The number of nitrogens with one attached hydrogen (secondary N) is 5. The van der Waals surface area contributed by atoms with E-state index in [0.717, 1.165) is 10.7 Å². The van der Waals surface area contributed by atoms with Gasteiger partial charge in [0.15, 0.2) is 30.0 Å². The van der Waals surface area contributed by atoms with Gasteiger partial charge in [-0.25, -0.2) is 19.1 Å². The van der Waals surface area contributed by atoms with Crippen molar-refractivity contribution in [2.24, 2.45) is 14.1 Å². The number of H-pyrrole nitrogens is 3. The number of aliphatic hydroxyl groups excluding tert-OH is 3. The molecule has 42 nitrogen and oxygen atoms in total. The molecule has 536 valence electrons. The number of aliphatic hydroxyl groups is 3. The molecule has 0 radical (unpaired) electrons. The number of nitrogen functional groups attached to an aromatic ring is 3. The number of nitrogens with two attached hydrogens (primary N) is 3. The molecule has 0 aromatic carbocycles. The van der Waals surface area contributed by atoms with E-state index in [1.165, 1.54) is 101 Å². The van der Waals surface area contributed by atoms with Crippen molar-refractivity contribution in [1.82, 2.24) is 57.9 Å². The third-order valence-corrected chi connectivity index (χ3v) is 15.8. The highest BCUT2D eigenvalue weighted by molar-refractivity contribution is 7.49. The molecular formula is C50H83N19O23P3-5. The topological polar surface area (TPSA) is 626 Å². The van der Waals surface area contributed by atoms with Crippen LogP contribution in [-0.2, 0) is 69.8 Å². The van der Waals surface area contributed by atoms with Gasteiger partial charge >= 0.3 is 11.3 Å². The van der Waals surface area contributed by atoms with Crippen LogP contribution in [0.1, 0.15) is 85.9 Å². The molecule has 10 rings (SSSR count). The third-order valence-electron chi connectivity index (χ3n) is 13.6. The number of rotatable bonds is 18. The van der Waals surface area contributed by atoms with E-state index in [1.54, 1.807) is 27.9 Å². The largest absolute Gasteiger partial charge is 0.790 e. The average molecular weight is 1410 g/mol. The SMILES string of the molecule is CCCC.CCCC.CC[NH-].CC[NH-].CO[C@@H]1C(O)[C@@H]([n+]2cn(C)c3c(=O)[nH]c(N)nc32)O[C@H]1COP(=O)([O-])[O-].CO[C@@H]1C(O)[C@@H]([n+]2cn(C)c3c(=O)[nH]c(N)nc32)O[C@H]1COP(=O)([O-])n1ccnc1.CO[C@@H]1C(O)[C@@H](n2cnc3c(=O)[nH]c(N)nc32)O[C@H]1COP(=O)([O-])[O-]. The summed E-state index contributed by atoms with van der Waals surface area (Å²) in [6, 6.07) is 0. The predicted octanol–water partition coefficient (Wildman–Crippen LogP) is -3.57. The Kier molecular flexibility index (Phi) is 31.4. The normalized spacial score (nSPS) is 23.8. The Hall–Kier alpha value is -6.41. The average Bonchev–Trinajstić information content (AvgIpc) is 1.60. The van der Waals surface area contributed by atoms with Gasteiger partial charge in [0.25, 0.3) is 28.6 Å². The van der Waals surface area contributed by atoms with Crippen molar-refractivity contribution in [3.05, 3.63) is 80.2 Å². The lowest BCUT2D eigenvalue weighted by Gasteiger charge is -2.30. The molecule has 0 amide bonds. The fourth-order valence-electron chi connectivity index (χ4n) is 9.12. The second-order valence-corrected chi connectivity index (χ2v) is 24.4. The maximum Gasteiger partial charge on any atom is 0.313 e. The minimum atomic E-state index is -5.22. The van der Waals surface area contributed by atoms with E-state index in [9.17, 15) is 67.9 Å². The van der Waals surface area contributed by atoms with Crippen LogP contribution in [0.4, 0.5) is 17.8 Å². The molecule has 13 atom stereocenters. The predicted molar refractivity (Wildman–Crippen MR) is 326 cm³/mol. The van der Waals surface area contributed by atoms with E-state index < -0.39 is 134 Å². The van der Waals surface area contributed by atoms with Crippen LogP contribution in [0.2, 0.25) is 0 Å². The summed E-state index contributed by atoms with van der Waals surface area (Å²) in [6.07, 6.45) is 0.212. The van der Waals surface area contributed by atoms with Crippen LogP contribution < -0.4 is 67.5 Å². The van der Waals surface area contributed by atoms with Crippen LogP contribution in [0.25, 0.3) is 45.0 Å². The van der Waals surface area contributed by atoms with Gasteiger partial charge in [-0.2, -0.15) is 18.1 Å². The second kappa shape index (κ2) is 36.8. The molecule has 0 saturated carbocycles. The Morgan fingerprint density at radius 1 is 0.600 bits per heavy atom. The number of aryl methyl sites for hydroxylation is 2. The van der Waals surface area contributed by atoms with E-state index in [2.05, 4.69) is 76.6 Å². The van der Waals surface area contributed by atoms with Gasteiger partial charge in [0, 0.05) is 33.7 Å². The molecule has 4 unspecified atom stereocenters. The van der Waals surface area contributed by atoms with Crippen LogP contribution >= 0.6 is 23.4 Å². The molecule has 95 heavy (non-hydrogen) atoms. The van der Waals surface area contributed by atoms with E-state index in [1.807, 2.05) is 0 Å². The van der Waals surface area contributed by atoms with Crippen molar-refractivity contribution in [1.29, 1.82) is 0 Å². The monoisotopic (exact) mass is 1410 g/mol. The lowest BCUT2D eigenvalue weighted by atomic mass is 10.1. The quantitative estimate of drug-likeness (QED) is 0.0296. The number of phosphoric acid groups is 2. The first-order valence-electron chi connectivity index (χ1n) is 29.1. The van der Waals surface area contributed by atoms with Crippen LogP contribution in [-0.4, -0.2) is 182 Å². The molecule has 3 saturated heterocycles. The first-order valence-corrected chi connectivity index (χ1v) is 33.5.